The summed E-state index contributed by atoms with van der Waals surface area (Å²) in [4.78, 5) is 2.32. The van der Waals surface area contributed by atoms with E-state index in [1.54, 1.807) is 22.7 Å². The summed E-state index contributed by atoms with van der Waals surface area (Å²) in [6.45, 7) is 2.12. The Morgan fingerprint density at radius 3 is 2.69 bits per heavy atom. The van der Waals surface area contributed by atoms with Gasteiger partial charge in [0.2, 0.25) is 0 Å². The first-order valence-electron chi connectivity index (χ1n) is 5.18. The first kappa shape index (κ1) is 12.3. The molecule has 16 heavy (non-hydrogen) atoms. The predicted octanol–water partition coefficient (Wildman–Crippen LogP) is 4.41. The summed E-state index contributed by atoms with van der Waals surface area (Å²) in [5, 5.41) is 14.3. The van der Waals surface area contributed by atoms with Crippen LogP contribution in [-0.4, -0.2) is 5.11 Å². The Labute approximate surface area is 112 Å². The Morgan fingerprint density at radius 2 is 2.06 bits per heavy atom. The van der Waals surface area contributed by atoms with Gasteiger partial charge < -0.3 is 5.11 Å². The molecule has 0 spiro atoms. The number of hydrogen-bond acceptors (Lipinski definition) is 3. The van der Waals surface area contributed by atoms with Gasteiger partial charge in [-0.05, 0) is 50.8 Å². The Morgan fingerprint density at radius 1 is 1.31 bits per heavy atom. The molecule has 0 bridgehead atoms. The average molecular weight is 317 g/mol. The van der Waals surface area contributed by atoms with Gasteiger partial charge in [-0.2, -0.15) is 0 Å². The van der Waals surface area contributed by atoms with Crippen LogP contribution in [0.1, 0.15) is 28.3 Å². The molecule has 0 aliphatic heterocycles. The molecular weight excluding hydrogens is 304 g/mol. The normalized spacial score (nSPS) is 12.9. The molecule has 0 aliphatic rings. The maximum Gasteiger partial charge on any atom is 0.0933 e. The van der Waals surface area contributed by atoms with Crippen molar-refractivity contribution in [3.05, 3.63) is 42.7 Å². The molecule has 0 aliphatic carbocycles. The first-order chi connectivity index (χ1) is 7.72. The fourth-order valence-electron chi connectivity index (χ4n) is 1.67. The first-order valence-corrected chi connectivity index (χ1v) is 7.73. The topological polar surface area (TPSA) is 20.2 Å². The van der Waals surface area contributed by atoms with Crippen LogP contribution in [0.25, 0.3) is 0 Å². The summed E-state index contributed by atoms with van der Waals surface area (Å²) in [5.74, 6) is 0. The number of aliphatic hydroxyl groups is 1. The van der Waals surface area contributed by atoms with Crippen LogP contribution in [0.3, 0.4) is 0 Å². The molecule has 2 heterocycles. The number of aliphatic hydroxyl groups excluding tert-OH is 1. The molecule has 4 heteroatoms. The van der Waals surface area contributed by atoms with E-state index in [1.807, 2.05) is 11.4 Å². The molecule has 0 saturated heterocycles. The second-order valence-corrected chi connectivity index (χ2v) is 6.38. The number of halogens is 1. The third-order valence-corrected chi connectivity index (χ3v) is 5.54. The van der Waals surface area contributed by atoms with Crippen LogP contribution >= 0.6 is 38.6 Å². The summed E-state index contributed by atoms with van der Waals surface area (Å²) in [5.41, 5.74) is 1.27. The van der Waals surface area contributed by atoms with Crippen LogP contribution in [0.15, 0.2) is 27.4 Å². The molecule has 0 saturated carbocycles. The van der Waals surface area contributed by atoms with Gasteiger partial charge in [-0.25, -0.2) is 0 Å². The van der Waals surface area contributed by atoms with E-state index in [4.69, 9.17) is 0 Å². The van der Waals surface area contributed by atoms with Gasteiger partial charge in [0, 0.05) is 20.6 Å². The molecule has 0 aromatic carbocycles. The molecule has 86 valence electrons. The minimum atomic E-state index is -0.370. The maximum atomic E-state index is 10.2. The van der Waals surface area contributed by atoms with Crippen molar-refractivity contribution in [1.29, 1.82) is 0 Å². The van der Waals surface area contributed by atoms with Gasteiger partial charge in [-0.3, -0.25) is 0 Å². The highest BCUT2D eigenvalue weighted by atomic mass is 79.9. The second kappa shape index (κ2) is 5.45. The third-order valence-electron chi connectivity index (χ3n) is 2.53. The SMILES string of the molecule is CCc1ccsc1C(O)Cc1sccc1Br. The summed E-state index contributed by atoms with van der Waals surface area (Å²) >= 11 is 6.83. The largest absolute Gasteiger partial charge is 0.387 e. The molecular formula is C12H13BrOS2. The van der Waals surface area contributed by atoms with E-state index >= 15 is 0 Å². The Balaban J connectivity index is 2.14. The molecule has 2 aromatic rings. The van der Waals surface area contributed by atoms with E-state index in [9.17, 15) is 5.11 Å². The lowest BCUT2D eigenvalue weighted by atomic mass is 10.1. The smallest absolute Gasteiger partial charge is 0.0933 e. The van der Waals surface area contributed by atoms with Gasteiger partial charge in [0.05, 0.1) is 6.10 Å². The van der Waals surface area contributed by atoms with E-state index in [2.05, 4.69) is 34.3 Å². The average Bonchev–Trinajstić information content (AvgIpc) is 2.87. The van der Waals surface area contributed by atoms with Gasteiger partial charge in [-0.15, -0.1) is 22.7 Å². The number of aryl methyl sites for hydroxylation is 1. The van der Waals surface area contributed by atoms with Crippen LogP contribution in [-0.2, 0) is 12.8 Å². The summed E-state index contributed by atoms with van der Waals surface area (Å²) in [6.07, 6.45) is 1.32. The number of hydrogen-bond donors (Lipinski definition) is 1. The molecule has 1 N–H and O–H groups in total. The van der Waals surface area contributed by atoms with E-state index in [-0.39, 0.29) is 6.10 Å². The zero-order valence-corrected chi connectivity index (χ0v) is 12.2. The lowest BCUT2D eigenvalue weighted by molar-refractivity contribution is 0.182. The number of thiophene rings is 2. The lowest BCUT2D eigenvalue weighted by Crippen LogP contribution is -2.01. The minimum absolute atomic E-state index is 0.370. The summed E-state index contributed by atoms with van der Waals surface area (Å²) in [7, 11) is 0. The molecule has 0 fully saturated rings. The highest BCUT2D eigenvalue weighted by molar-refractivity contribution is 9.10. The Kier molecular flexibility index (Phi) is 4.19. The Hall–Kier alpha value is -0.160. The van der Waals surface area contributed by atoms with Crippen LogP contribution in [0.5, 0.6) is 0 Å². The molecule has 0 amide bonds. The quantitative estimate of drug-likeness (QED) is 0.885. The monoisotopic (exact) mass is 316 g/mol. The third kappa shape index (κ3) is 2.56. The fourth-order valence-corrected chi connectivity index (χ4v) is 4.21. The van der Waals surface area contributed by atoms with Crippen molar-refractivity contribution < 1.29 is 5.11 Å². The van der Waals surface area contributed by atoms with Crippen molar-refractivity contribution in [2.45, 2.75) is 25.9 Å². The van der Waals surface area contributed by atoms with Crippen LogP contribution < -0.4 is 0 Å². The van der Waals surface area contributed by atoms with Gasteiger partial charge in [0.25, 0.3) is 0 Å². The molecule has 1 nitrogen and oxygen atoms in total. The fraction of sp³-hybridized carbons (Fsp3) is 0.333. The standard InChI is InChI=1S/C12H13BrOS2/c1-2-8-3-5-16-12(8)10(14)7-11-9(13)4-6-15-11/h3-6,10,14H,2,7H2,1H3. The predicted molar refractivity (Wildman–Crippen MR) is 74.4 cm³/mol. The van der Waals surface area contributed by atoms with Crippen LogP contribution in [0, 0.1) is 0 Å². The highest BCUT2D eigenvalue weighted by Crippen LogP contribution is 2.32. The summed E-state index contributed by atoms with van der Waals surface area (Å²) < 4.78 is 1.10. The zero-order valence-electron chi connectivity index (χ0n) is 8.94. The van der Waals surface area contributed by atoms with Crippen LogP contribution in [0.4, 0.5) is 0 Å². The van der Waals surface area contributed by atoms with Crippen molar-refractivity contribution in [2.24, 2.45) is 0 Å². The van der Waals surface area contributed by atoms with E-state index < -0.39 is 0 Å². The maximum absolute atomic E-state index is 10.2. The van der Waals surface area contributed by atoms with Crippen molar-refractivity contribution in [3.8, 4) is 0 Å². The van der Waals surface area contributed by atoms with Crippen molar-refractivity contribution >= 4 is 38.6 Å². The van der Waals surface area contributed by atoms with Gasteiger partial charge in [-0.1, -0.05) is 6.92 Å². The van der Waals surface area contributed by atoms with Gasteiger partial charge in [0.1, 0.15) is 0 Å². The van der Waals surface area contributed by atoms with E-state index in [0.717, 1.165) is 15.8 Å². The van der Waals surface area contributed by atoms with Crippen molar-refractivity contribution in [1.82, 2.24) is 0 Å². The lowest BCUT2D eigenvalue weighted by Gasteiger charge is -2.10. The zero-order chi connectivity index (χ0) is 11.5. The van der Waals surface area contributed by atoms with Crippen molar-refractivity contribution in [3.63, 3.8) is 0 Å². The van der Waals surface area contributed by atoms with E-state index in [1.165, 1.54) is 10.4 Å². The molecule has 0 radical (unpaired) electrons. The van der Waals surface area contributed by atoms with Gasteiger partial charge in [0.15, 0.2) is 0 Å². The number of rotatable bonds is 4. The highest BCUT2D eigenvalue weighted by Gasteiger charge is 2.15. The molecule has 2 rings (SSSR count). The minimum Gasteiger partial charge on any atom is -0.387 e. The van der Waals surface area contributed by atoms with Crippen LogP contribution in [0.2, 0.25) is 0 Å². The molecule has 1 unspecified atom stereocenters. The molecule has 2 aromatic heterocycles. The van der Waals surface area contributed by atoms with Gasteiger partial charge >= 0.3 is 0 Å². The summed E-state index contributed by atoms with van der Waals surface area (Å²) in [6, 6.07) is 4.13. The second-order valence-electron chi connectivity index (χ2n) is 3.58. The Bertz CT molecular complexity index is 461. The molecule has 1 atom stereocenters. The van der Waals surface area contributed by atoms with Crippen molar-refractivity contribution in [2.75, 3.05) is 0 Å². The van der Waals surface area contributed by atoms with E-state index in [0.29, 0.717) is 6.42 Å².